The molecule has 0 bridgehead atoms. The fourth-order valence-corrected chi connectivity index (χ4v) is 2.91. The Morgan fingerprint density at radius 3 is 2.54 bits per heavy atom. The van der Waals surface area contributed by atoms with Crippen LogP contribution in [0.3, 0.4) is 0 Å². The van der Waals surface area contributed by atoms with Gasteiger partial charge in [0.1, 0.15) is 0 Å². The summed E-state index contributed by atoms with van der Waals surface area (Å²) in [4.78, 5) is 0. The molecule has 120 valence electrons. The lowest BCUT2D eigenvalue weighted by molar-refractivity contribution is 0.857. The average Bonchev–Trinajstić information content (AvgIpc) is 2.67. The van der Waals surface area contributed by atoms with Crippen molar-refractivity contribution in [3.63, 3.8) is 0 Å². The van der Waals surface area contributed by atoms with Crippen molar-refractivity contribution in [1.82, 2.24) is 5.32 Å². The van der Waals surface area contributed by atoms with E-state index in [-0.39, 0.29) is 0 Å². The zero-order valence-corrected chi connectivity index (χ0v) is 13.9. The molecule has 1 aliphatic carbocycles. The molecule has 2 aromatic rings. The van der Waals surface area contributed by atoms with Gasteiger partial charge in [-0.15, -0.1) is 0 Å². The molecule has 1 aliphatic rings. The third-order valence-electron chi connectivity index (χ3n) is 4.24. The maximum Gasteiger partial charge on any atom is 0.0626 e. The minimum atomic E-state index is 0.390. The third-order valence-corrected chi connectivity index (χ3v) is 4.24. The largest absolute Gasteiger partial charge is 0.394 e. The molecular formula is C22H22N2. The Balaban J connectivity index is 1.79. The van der Waals surface area contributed by atoms with E-state index in [1.807, 2.05) is 25.2 Å². The first-order valence-corrected chi connectivity index (χ1v) is 8.24. The summed E-state index contributed by atoms with van der Waals surface area (Å²) in [7, 11) is 1.83. The van der Waals surface area contributed by atoms with Gasteiger partial charge in [-0.3, -0.25) is 0 Å². The lowest BCUT2D eigenvalue weighted by Gasteiger charge is -2.18. The summed E-state index contributed by atoms with van der Waals surface area (Å²) in [5, 5.41) is 11.0. The van der Waals surface area contributed by atoms with E-state index in [2.05, 4.69) is 59.9 Å². The van der Waals surface area contributed by atoms with Crippen molar-refractivity contribution in [2.75, 3.05) is 7.05 Å². The highest BCUT2D eigenvalue weighted by Gasteiger charge is 2.13. The van der Waals surface area contributed by atoms with Gasteiger partial charge in [0.2, 0.25) is 0 Å². The van der Waals surface area contributed by atoms with Crippen molar-refractivity contribution in [3.8, 4) is 0 Å². The van der Waals surface area contributed by atoms with Gasteiger partial charge in [-0.05, 0) is 41.0 Å². The lowest BCUT2D eigenvalue weighted by Crippen LogP contribution is -2.02. The van der Waals surface area contributed by atoms with Crippen LogP contribution in [0, 0.1) is 5.41 Å². The van der Waals surface area contributed by atoms with E-state index in [9.17, 15) is 0 Å². The third kappa shape index (κ3) is 3.72. The van der Waals surface area contributed by atoms with E-state index in [1.165, 1.54) is 16.7 Å². The molecule has 3 rings (SSSR count). The molecule has 2 nitrogen and oxygen atoms in total. The van der Waals surface area contributed by atoms with E-state index in [1.54, 1.807) is 12.3 Å². The molecule has 1 unspecified atom stereocenters. The van der Waals surface area contributed by atoms with Gasteiger partial charge in [0, 0.05) is 13.0 Å². The van der Waals surface area contributed by atoms with Crippen LogP contribution in [0.4, 0.5) is 0 Å². The number of hydrogen-bond donors (Lipinski definition) is 2. The van der Waals surface area contributed by atoms with E-state index >= 15 is 0 Å². The molecule has 2 N–H and O–H groups in total. The van der Waals surface area contributed by atoms with Gasteiger partial charge >= 0.3 is 0 Å². The van der Waals surface area contributed by atoms with Crippen molar-refractivity contribution in [2.45, 2.75) is 12.3 Å². The fourth-order valence-electron chi connectivity index (χ4n) is 2.91. The molecule has 0 radical (unpaired) electrons. The van der Waals surface area contributed by atoms with Crippen molar-refractivity contribution >= 4 is 11.3 Å². The maximum atomic E-state index is 8.04. The number of benzene rings is 2. The van der Waals surface area contributed by atoms with E-state index < -0.39 is 0 Å². The Morgan fingerprint density at radius 2 is 1.83 bits per heavy atom. The van der Waals surface area contributed by atoms with Gasteiger partial charge in [0.05, 0.1) is 5.71 Å². The van der Waals surface area contributed by atoms with E-state index in [0.29, 0.717) is 11.6 Å². The Bertz CT molecular complexity index is 780. The molecule has 0 saturated heterocycles. The van der Waals surface area contributed by atoms with Gasteiger partial charge < -0.3 is 10.7 Å². The van der Waals surface area contributed by atoms with Crippen molar-refractivity contribution in [3.05, 3.63) is 102 Å². The second-order valence-electron chi connectivity index (χ2n) is 5.89. The van der Waals surface area contributed by atoms with Crippen LogP contribution < -0.4 is 5.32 Å². The molecule has 0 fully saturated rings. The molecule has 0 amide bonds. The summed E-state index contributed by atoms with van der Waals surface area (Å²) in [6.07, 6.45) is 11.4. The first kappa shape index (κ1) is 16.0. The molecular weight excluding hydrogens is 292 g/mol. The zero-order chi connectivity index (χ0) is 16.8. The molecule has 1 atom stereocenters. The number of hydrogen-bond acceptors (Lipinski definition) is 2. The van der Waals surface area contributed by atoms with Gasteiger partial charge in [0.15, 0.2) is 0 Å². The molecule has 24 heavy (non-hydrogen) atoms. The molecule has 0 aromatic heterocycles. The van der Waals surface area contributed by atoms with Crippen LogP contribution in [0.2, 0.25) is 0 Å². The monoisotopic (exact) mass is 314 g/mol. The second-order valence-corrected chi connectivity index (χ2v) is 5.89. The van der Waals surface area contributed by atoms with Crippen molar-refractivity contribution in [1.29, 1.82) is 5.41 Å². The van der Waals surface area contributed by atoms with Gasteiger partial charge in [-0.1, -0.05) is 72.8 Å². The Labute approximate surface area is 143 Å². The predicted molar refractivity (Wildman–Crippen MR) is 102 cm³/mol. The topological polar surface area (TPSA) is 35.9 Å². The SMILES string of the molecule is CN/C=C\C(=N)c1ccc(C2C=C(c3ccccc3)C=CC2)cc1. The summed E-state index contributed by atoms with van der Waals surface area (Å²) in [5.41, 5.74) is 5.28. The van der Waals surface area contributed by atoms with E-state index in [0.717, 1.165) is 12.0 Å². The van der Waals surface area contributed by atoms with Crippen LogP contribution in [-0.2, 0) is 0 Å². The Kier molecular flexibility index (Phi) is 5.07. The summed E-state index contributed by atoms with van der Waals surface area (Å²) >= 11 is 0. The molecule has 0 saturated carbocycles. The highest BCUT2D eigenvalue weighted by molar-refractivity contribution is 6.06. The van der Waals surface area contributed by atoms with Gasteiger partial charge in [-0.2, -0.15) is 0 Å². The Hall–Kier alpha value is -2.87. The standard InChI is InChI=1S/C22H22N2/c1-24-15-14-22(23)19-12-10-18(11-13-19)21-9-5-8-20(16-21)17-6-3-2-4-7-17/h2-8,10-16,21,23-24H,9H2,1H3/b15-14-,23-22?. The van der Waals surface area contributed by atoms with Crippen LogP contribution in [0.5, 0.6) is 0 Å². The van der Waals surface area contributed by atoms with Gasteiger partial charge in [-0.25, -0.2) is 0 Å². The molecule has 0 spiro atoms. The maximum absolute atomic E-state index is 8.04. The highest BCUT2D eigenvalue weighted by atomic mass is 14.8. The molecule has 0 aliphatic heterocycles. The van der Waals surface area contributed by atoms with Crippen LogP contribution in [-0.4, -0.2) is 12.8 Å². The fraction of sp³-hybridized carbons (Fsp3) is 0.136. The average molecular weight is 314 g/mol. The minimum absolute atomic E-state index is 0.390. The number of nitrogens with one attached hydrogen (secondary N) is 2. The minimum Gasteiger partial charge on any atom is -0.394 e. The van der Waals surface area contributed by atoms with Crippen LogP contribution in [0.15, 0.2) is 85.1 Å². The van der Waals surface area contributed by atoms with Crippen molar-refractivity contribution < 1.29 is 0 Å². The summed E-state index contributed by atoms with van der Waals surface area (Å²) in [6.45, 7) is 0. The van der Waals surface area contributed by atoms with Crippen LogP contribution in [0.25, 0.3) is 5.57 Å². The van der Waals surface area contributed by atoms with Crippen LogP contribution in [0.1, 0.15) is 29.0 Å². The Morgan fingerprint density at radius 1 is 1.08 bits per heavy atom. The first-order chi connectivity index (χ1) is 11.8. The number of allylic oxidation sites excluding steroid dienone is 5. The summed E-state index contributed by atoms with van der Waals surface area (Å²) in [5.74, 6) is 0.390. The summed E-state index contributed by atoms with van der Waals surface area (Å²) in [6, 6.07) is 18.8. The molecule has 2 heteroatoms. The van der Waals surface area contributed by atoms with E-state index in [4.69, 9.17) is 5.41 Å². The lowest BCUT2D eigenvalue weighted by atomic mass is 9.87. The highest BCUT2D eigenvalue weighted by Crippen LogP contribution is 2.31. The second kappa shape index (κ2) is 7.60. The molecule has 2 aromatic carbocycles. The van der Waals surface area contributed by atoms with Crippen LogP contribution >= 0.6 is 0 Å². The molecule has 0 heterocycles. The smallest absolute Gasteiger partial charge is 0.0626 e. The predicted octanol–water partition coefficient (Wildman–Crippen LogP) is 4.91. The van der Waals surface area contributed by atoms with Crippen molar-refractivity contribution in [2.24, 2.45) is 0 Å². The first-order valence-electron chi connectivity index (χ1n) is 8.24. The summed E-state index contributed by atoms with van der Waals surface area (Å²) < 4.78 is 0. The zero-order valence-electron chi connectivity index (χ0n) is 13.9. The quantitative estimate of drug-likeness (QED) is 0.755. The normalized spacial score (nSPS) is 16.9. The van der Waals surface area contributed by atoms with Gasteiger partial charge in [0.25, 0.3) is 0 Å². The number of rotatable bonds is 5.